The summed E-state index contributed by atoms with van der Waals surface area (Å²) in [5.41, 5.74) is 1.12. The average molecular weight is 619 g/mol. The van der Waals surface area contributed by atoms with Gasteiger partial charge in [0.1, 0.15) is 6.10 Å². The fourth-order valence-electron chi connectivity index (χ4n) is 12.8. The minimum Gasteiger partial charge on any atom is -0.481 e. The summed E-state index contributed by atoms with van der Waals surface area (Å²) >= 11 is 0. The predicted octanol–water partition coefficient (Wildman–Crippen LogP) is 8.74. The number of ether oxygens (including phenoxy) is 2. The molecule has 0 aliphatic heterocycles. The minimum absolute atomic E-state index is 0.0800. The molecular weight excluding hydrogens is 564 g/mol. The van der Waals surface area contributed by atoms with Crippen LogP contribution in [0.5, 0.6) is 0 Å². The van der Waals surface area contributed by atoms with Gasteiger partial charge in [-0.25, -0.2) is 9.59 Å². The van der Waals surface area contributed by atoms with E-state index in [1.54, 1.807) is 24.3 Å². The first kappa shape index (κ1) is 32.3. The number of methoxy groups -OCH3 is 1. The van der Waals surface area contributed by atoms with Crippen LogP contribution < -0.4 is 0 Å². The van der Waals surface area contributed by atoms with E-state index in [-0.39, 0.29) is 44.8 Å². The Hall–Kier alpha value is -2.63. The lowest BCUT2D eigenvalue weighted by atomic mass is 9.32. The van der Waals surface area contributed by atoms with Gasteiger partial charge >= 0.3 is 17.9 Å². The van der Waals surface area contributed by atoms with Gasteiger partial charge in [0.25, 0.3) is 0 Å². The highest BCUT2D eigenvalue weighted by molar-refractivity contribution is 6.03. The largest absolute Gasteiger partial charge is 0.481 e. The third kappa shape index (κ3) is 4.35. The third-order valence-electron chi connectivity index (χ3n) is 15.2. The van der Waals surface area contributed by atoms with Crippen LogP contribution in [0.4, 0.5) is 0 Å². The lowest BCUT2D eigenvalue weighted by molar-refractivity contribution is -0.248. The van der Waals surface area contributed by atoms with Gasteiger partial charge in [0.05, 0.1) is 23.7 Å². The zero-order valence-electron chi connectivity index (χ0n) is 28.5. The number of carboxylic acids is 1. The second kappa shape index (κ2) is 10.7. The molecule has 0 bridgehead atoms. The number of fused-ring (bicyclic) bond motifs is 7. The molecule has 1 N–H and O–H groups in total. The van der Waals surface area contributed by atoms with Gasteiger partial charge in [-0.3, -0.25) is 4.79 Å². The molecule has 5 aliphatic carbocycles. The zero-order valence-corrected chi connectivity index (χ0v) is 28.5. The highest BCUT2D eigenvalue weighted by atomic mass is 16.5. The van der Waals surface area contributed by atoms with E-state index in [1.807, 2.05) is 0 Å². The third-order valence-corrected chi connectivity index (χ3v) is 15.2. The van der Waals surface area contributed by atoms with Crippen LogP contribution >= 0.6 is 0 Å². The number of allylic oxidation sites excluding steroid dienone is 1. The highest BCUT2D eigenvalue weighted by Crippen LogP contribution is 2.77. The number of hydrogen-bond donors (Lipinski definition) is 1. The summed E-state index contributed by atoms with van der Waals surface area (Å²) in [6.07, 6.45) is 9.46. The second-order valence-electron chi connectivity index (χ2n) is 16.9. The zero-order chi connectivity index (χ0) is 32.7. The minimum atomic E-state index is -0.603. The maximum Gasteiger partial charge on any atom is 0.339 e. The Morgan fingerprint density at radius 3 is 2.09 bits per heavy atom. The summed E-state index contributed by atoms with van der Waals surface area (Å²) in [4.78, 5) is 38.9. The van der Waals surface area contributed by atoms with Gasteiger partial charge < -0.3 is 14.6 Å². The molecule has 5 aliphatic rings. The molecule has 0 heterocycles. The Kier molecular flexibility index (Phi) is 7.69. The number of carbonyl (C=O) groups is 3. The topological polar surface area (TPSA) is 89.9 Å². The molecular formula is C39H54O6. The molecule has 0 saturated heterocycles. The van der Waals surface area contributed by atoms with E-state index in [4.69, 9.17) is 9.47 Å². The summed E-state index contributed by atoms with van der Waals surface area (Å²) < 4.78 is 11.2. The van der Waals surface area contributed by atoms with Gasteiger partial charge in [-0.1, -0.05) is 58.9 Å². The number of aliphatic carboxylic acids is 1. The maximum absolute atomic E-state index is 13.5. The van der Waals surface area contributed by atoms with Crippen LogP contribution in [0.25, 0.3) is 0 Å². The fourth-order valence-corrected chi connectivity index (χ4v) is 12.8. The summed E-state index contributed by atoms with van der Waals surface area (Å²) in [6, 6.07) is 6.74. The van der Waals surface area contributed by atoms with Crippen LogP contribution in [0.1, 0.15) is 126 Å². The van der Waals surface area contributed by atoms with E-state index in [0.717, 1.165) is 64.2 Å². The van der Waals surface area contributed by atoms with Gasteiger partial charge in [-0.15, -0.1) is 0 Å². The van der Waals surface area contributed by atoms with E-state index < -0.39 is 23.3 Å². The molecule has 0 amide bonds. The molecule has 10 atom stereocenters. The Labute approximate surface area is 269 Å². The van der Waals surface area contributed by atoms with Crippen LogP contribution in [0.15, 0.2) is 36.4 Å². The van der Waals surface area contributed by atoms with Crippen molar-refractivity contribution < 1.29 is 29.0 Å². The lowest BCUT2D eigenvalue weighted by Gasteiger charge is -2.72. The van der Waals surface area contributed by atoms with E-state index in [1.165, 1.54) is 12.7 Å². The summed E-state index contributed by atoms with van der Waals surface area (Å²) in [7, 11) is 1.32. The summed E-state index contributed by atoms with van der Waals surface area (Å²) in [5, 5.41) is 10.6. The first-order valence-corrected chi connectivity index (χ1v) is 17.4. The molecule has 45 heavy (non-hydrogen) atoms. The second-order valence-corrected chi connectivity index (χ2v) is 16.9. The van der Waals surface area contributed by atoms with Crippen LogP contribution in [0.2, 0.25) is 0 Å². The summed E-state index contributed by atoms with van der Waals surface area (Å²) in [6.45, 7) is 18.7. The molecule has 1 aromatic rings. The van der Waals surface area contributed by atoms with E-state index >= 15 is 0 Å². The SMILES string of the molecule is C=C(C)C1CC[C@]2(C(=O)O)CC[C@]3(C)C(CCC4[C@@]5(C)CC[C@H](OC(=O)c6ccccc6C(=O)OC)C(C)(C)C5CC[C@]43C)C12. The van der Waals surface area contributed by atoms with Gasteiger partial charge in [-0.05, 0) is 129 Å². The molecule has 6 nitrogen and oxygen atoms in total. The van der Waals surface area contributed by atoms with Crippen molar-refractivity contribution in [3.63, 3.8) is 0 Å². The monoisotopic (exact) mass is 618 g/mol. The number of carboxylic acid groups (broad SMARTS) is 1. The van der Waals surface area contributed by atoms with Crippen molar-refractivity contribution in [1.29, 1.82) is 0 Å². The lowest BCUT2D eigenvalue weighted by Crippen LogP contribution is -2.67. The number of rotatable bonds is 5. The fraction of sp³-hybridized carbons (Fsp3) is 0.718. The highest BCUT2D eigenvalue weighted by Gasteiger charge is 2.72. The standard InChI is InChI=1S/C39H54O6/c1-23(2)24-15-20-39(34(42)43)22-21-37(6)27(31(24)39)13-14-29-36(5)18-17-30(35(3,4)28(36)16-19-38(29,37)7)45-33(41)26-12-10-9-11-25(26)32(40)44-8/h9-12,24,27-31H,1,13-22H2,2-8H3,(H,42,43)/t24?,27?,28?,29?,30-,31?,36-,37+,38+,39-/m0/s1. The molecule has 0 aromatic heterocycles. The number of carbonyl (C=O) groups excluding carboxylic acids is 2. The van der Waals surface area contributed by atoms with E-state index in [0.29, 0.717) is 23.7 Å². The number of benzene rings is 1. The molecule has 0 spiro atoms. The Morgan fingerprint density at radius 2 is 1.47 bits per heavy atom. The number of esters is 2. The molecule has 246 valence electrons. The molecule has 6 rings (SSSR count). The first-order valence-electron chi connectivity index (χ1n) is 17.4. The van der Waals surface area contributed by atoms with Gasteiger partial charge in [0.2, 0.25) is 0 Å². The molecule has 0 radical (unpaired) electrons. The maximum atomic E-state index is 13.5. The quantitative estimate of drug-likeness (QED) is 0.262. The Balaban J connectivity index is 1.28. The Bertz CT molecular complexity index is 1410. The van der Waals surface area contributed by atoms with Crippen LogP contribution in [-0.2, 0) is 14.3 Å². The Morgan fingerprint density at radius 1 is 0.800 bits per heavy atom. The van der Waals surface area contributed by atoms with Crippen molar-refractivity contribution in [1.82, 2.24) is 0 Å². The van der Waals surface area contributed by atoms with Crippen molar-refractivity contribution in [3.8, 4) is 0 Å². The molecule has 6 heteroatoms. The first-order chi connectivity index (χ1) is 21.1. The van der Waals surface area contributed by atoms with Crippen LogP contribution in [-0.4, -0.2) is 36.2 Å². The van der Waals surface area contributed by atoms with Crippen molar-refractivity contribution in [3.05, 3.63) is 47.5 Å². The molecule has 5 saturated carbocycles. The molecule has 1 aromatic carbocycles. The molecule has 5 fully saturated rings. The van der Waals surface area contributed by atoms with Crippen molar-refractivity contribution >= 4 is 17.9 Å². The predicted molar refractivity (Wildman–Crippen MR) is 174 cm³/mol. The van der Waals surface area contributed by atoms with Gasteiger partial charge in [-0.2, -0.15) is 0 Å². The smallest absolute Gasteiger partial charge is 0.339 e. The number of hydrogen-bond acceptors (Lipinski definition) is 5. The van der Waals surface area contributed by atoms with Crippen molar-refractivity contribution in [2.24, 2.45) is 56.7 Å². The summed E-state index contributed by atoms with van der Waals surface area (Å²) in [5.74, 6) is 0.214. The van der Waals surface area contributed by atoms with E-state index in [2.05, 4.69) is 48.1 Å². The average Bonchev–Trinajstić information content (AvgIpc) is 3.40. The molecule has 5 unspecified atom stereocenters. The van der Waals surface area contributed by atoms with Crippen LogP contribution in [0.3, 0.4) is 0 Å². The van der Waals surface area contributed by atoms with Crippen molar-refractivity contribution in [2.45, 2.75) is 112 Å². The van der Waals surface area contributed by atoms with E-state index in [9.17, 15) is 19.5 Å². The van der Waals surface area contributed by atoms with Gasteiger partial charge in [0, 0.05) is 5.41 Å². The van der Waals surface area contributed by atoms with Crippen molar-refractivity contribution in [2.75, 3.05) is 7.11 Å². The van der Waals surface area contributed by atoms with Gasteiger partial charge in [0.15, 0.2) is 0 Å². The normalized spacial score (nSPS) is 43.1. The van der Waals surface area contributed by atoms with Crippen LogP contribution in [0, 0.1) is 56.7 Å².